The van der Waals surface area contributed by atoms with Crippen molar-refractivity contribution in [1.82, 2.24) is 0 Å². The van der Waals surface area contributed by atoms with Crippen LogP contribution in [-0.2, 0) is 0 Å². The van der Waals surface area contributed by atoms with Gasteiger partial charge in [-0.3, -0.25) is 0 Å². The fourth-order valence-corrected chi connectivity index (χ4v) is 5.87. The molecule has 168 valence electrons. The lowest BCUT2D eigenvalue weighted by Gasteiger charge is -2.29. The van der Waals surface area contributed by atoms with Crippen LogP contribution in [0.15, 0.2) is 30.3 Å². The van der Waals surface area contributed by atoms with Gasteiger partial charge in [-0.1, -0.05) is 108 Å². The molecule has 1 atom stereocenters. The van der Waals surface area contributed by atoms with Crippen molar-refractivity contribution < 1.29 is 0 Å². The number of unbranched alkanes of at least 4 members (excludes halogenated alkanes) is 6. The van der Waals surface area contributed by atoms with Gasteiger partial charge in [0, 0.05) is 0 Å². The summed E-state index contributed by atoms with van der Waals surface area (Å²) in [6.07, 6.45) is 26.6. The quantitative estimate of drug-likeness (QED) is 0.302. The van der Waals surface area contributed by atoms with E-state index in [1.807, 2.05) is 0 Å². The third-order valence-electron chi connectivity index (χ3n) is 8.05. The van der Waals surface area contributed by atoms with Crippen molar-refractivity contribution in [3.8, 4) is 0 Å². The highest BCUT2D eigenvalue weighted by Gasteiger charge is 2.22. The summed E-state index contributed by atoms with van der Waals surface area (Å²) < 4.78 is 0. The summed E-state index contributed by atoms with van der Waals surface area (Å²) in [5, 5.41) is 0. The van der Waals surface area contributed by atoms with E-state index in [-0.39, 0.29) is 0 Å². The Hall–Kier alpha value is -1.04. The summed E-state index contributed by atoms with van der Waals surface area (Å²) in [5.74, 6) is 2.78. The largest absolute Gasteiger partial charge is 0.0804 e. The van der Waals surface area contributed by atoms with E-state index >= 15 is 0 Å². The zero-order valence-corrected chi connectivity index (χ0v) is 20.1. The second-order valence-corrected chi connectivity index (χ2v) is 10.4. The van der Waals surface area contributed by atoms with Crippen LogP contribution in [-0.4, -0.2) is 0 Å². The van der Waals surface area contributed by atoms with E-state index in [0.29, 0.717) is 0 Å². The molecule has 3 rings (SSSR count). The van der Waals surface area contributed by atoms with E-state index in [2.05, 4.69) is 44.2 Å². The molecule has 30 heavy (non-hydrogen) atoms. The fourth-order valence-electron chi connectivity index (χ4n) is 5.87. The molecular formula is C30H48. The molecule has 0 aliphatic heterocycles. The van der Waals surface area contributed by atoms with Crippen molar-refractivity contribution in [1.29, 1.82) is 0 Å². The Bertz CT molecular complexity index is 599. The Morgan fingerprint density at radius 2 is 1.33 bits per heavy atom. The van der Waals surface area contributed by atoms with Gasteiger partial charge in [0.25, 0.3) is 0 Å². The second-order valence-electron chi connectivity index (χ2n) is 10.4. The first-order valence-corrected chi connectivity index (χ1v) is 13.6. The Morgan fingerprint density at radius 1 is 0.667 bits per heavy atom. The van der Waals surface area contributed by atoms with Crippen LogP contribution < -0.4 is 0 Å². The molecule has 0 radical (unpaired) electrons. The van der Waals surface area contributed by atoms with Gasteiger partial charge in [0.2, 0.25) is 0 Å². The number of rotatable bonds is 12. The first kappa shape index (κ1) is 23.6. The van der Waals surface area contributed by atoms with Gasteiger partial charge in [0.05, 0.1) is 0 Å². The molecule has 0 saturated heterocycles. The molecule has 0 amide bonds. The standard InChI is InChI=1S/C30H48/c1-3-5-7-8-9-10-12-26-15-19-28(20-16-26)30-23-21-29(22-24-30)27-17-13-25(14-18-27)11-6-4-2/h17,21-26,28H,3-16,18-20H2,1-2H3. The van der Waals surface area contributed by atoms with Gasteiger partial charge in [0.1, 0.15) is 0 Å². The van der Waals surface area contributed by atoms with E-state index in [1.165, 1.54) is 115 Å². The molecule has 2 aliphatic rings. The molecule has 1 aromatic carbocycles. The molecule has 1 fully saturated rings. The Labute approximate surface area is 187 Å². The maximum absolute atomic E-state index is 2.55. The lowest BCUT2D eigenvalue weighted by atomic mass is 9.76. The average Bonchev–Trinajstić information content (AvgIpc) is 2.81. The lowest BCUT2D eigenvalue weighted by Crippen LogP contribution is -2.13. The van der Waals surface area contributed by atoms with Gasteiger partial charge < -0.3 is 0 Å². The molecule has 2 aliphatic carbocycles. The van der Waals surface area contributed by atoms with Crippen LogP contribution in [0.2, 0.25) is 0 Å². The fraction of sp³-hybridized carbons (Fsp3) is 0.733. The minimum atomic E-state index is 0.818. The van der Waals surface area contributed by atoms with Crippen molar-refractivity contribution in [3.05, 3.63) is 41.5 Å². The Kier molecular flexibility index (Phi) is 10.5. The van der Waals surface area contributed by atoms with Crippen molar-refractivity contribution in [2.75, 3.05) is 0 Å². The zero-order valence-electron chi connectivity index (χ0n) is 20.1. The van der Waals surface area contributed by atoms with Crippen molar-refractivity contribution in [3.63, 3.8) is 0 Å². The molecule has 0 N–H and O–H groups in total. The highest BCUT2D eigenvalue weighted by atomic mass is 14.3. The van der Waals surface area contributed by atoms with E-state index < -0.39 is 0 Å². The van der Waals surface area contributed by atoms with Gasteiger partial charge in [-0.15, -0.1) is 0 Å². The van der Waals surface area contributed by atoms with Crippen LogP contribution in [0.1, 0.15) is 140 Å². The number of hydrogen-bond acceptors (Lipinski definition) is 0. The van der Waals surface area contributed by atoms with Crippen LogP contribution in [0.4, 0.5) is 0 Å². The molecule has 1 aromatic rings. The third-order valence-corrected chi connectivity index (χ3v) is 8.05. The molecule has 1 saturated carbocycles. The van der Waals surface area contributed by atoms with Crippen molar-refractivity contribution in [2.45, 2.75) is 129 Å². The summed E-state index contributed by atoms with van der Waals surface area (Å²) in [4.78, 5) is 0. The topological polar surface area (TPSA) is 0 Å². The predicted molar refractivity (Wildman–Crippen MR) is 134 cm³/mol. The number of allylic oxidation sites excluding steroid dienone is 2. The van der Waals surface area contributed by atoms with Crippen LogP contribution in [0.25, 0.3) is 5.57 Å². The summed E-state index contributed by atoms with van der Waals surface area (Å²) in [5.41, 5.74) is 4.70. The monoisotopic (exact) mass is 408 g/mol. The summed E-state index contributed by atoms with van der Waals surface area (Å²) in [7, 11) is 0. The van der Waals surface area contributed by atoms with Gasteiger partial charge >= 0.3 is 0 Å². The lowest BCUT2D eigenvalue weighted by molar-refractivity contribution is 0.302. The Morgan fingerprint density at radius 3 is 2.00 bits per heavy atom. The van der Waals surface area contributed by atoms with Gasteiger partial charge in [-0.2, -0.15) is 0 Å². The second kappa shape index (κ2) is 13.4. The average molecular weight is 409 g/mol. The van der Waals surface area contributed by atoms with Crippen LogP contribution >= 0.6 is 0 Å². The predicted octanol–water partition coefficient (Wildman–Crippen LogP) is 10.1. The minimum Gasteiger partial charge on any atom is -0.0804 e. The van der Waals surface area contributed by atoms with Crippen LogP contribution in [0, 0.1) is 11.8 Å². The first-order chi connectivity index (χ1) is 14.8. The molecule has 0 heterocycles. The Balaban J connectivity index is 1.38. The molecular weight excluding hydrogens is 360 g/mol. The van der Waals surface area contributed by atoms with Crippen LogP contribution in [0.3, 0.4) is 0 Å². The maximum Gasteiger partial charge on any atom is -0.0162 e. The van der Waals surface area contributed by atoms with Crippen molar-refractivity contribution in [2.24, 2.45) is 11.8 Å². The van der Waals surface area contributed by atoms with E-state index in [4.69, 9.17) is 0 Å². The number of hydrogen-bond donors (Lipinski definition) is 0. The van der Waals surface area contributed by atoms with Crippen molar-refractivity contribution >= 4 is 5.57 Å². The maximum atomic E-state index is 2.55. The molecule has 0 aromatic heterocycles. The van der Waals surface area contributed by atoms with Gasteiger partial charge in [0.15, 0.2) is 0 Å². The minimum absolute atomic E-state index is 0.818. The van der Waals surface area contributed by atoms with Gasteiger partial charge in [-0.25, -0.2) is 0 Å². The normalized spacial score (nSPS) is 24.6. The van der Waals surface area contributed by atoms with E-state index in [1.54, 1.807) is 11.1 Å². The summed E-state index contributed by atoms with van der Waals surface area (Å²) in [6, 6.07) is 9.77. The number of benzene rings is 1. The summed E-state index contributed by atoms with van der Waals surface area (Å²) >= 11 is 0. The molecule has 1 unspecified atom stereocenters. The molecule has 0 spiro atoms. The highest BCUT2D eigenvalue weighted by Crippen LogP contribution is 2.39. The van der Waals surface area contributed by atoms with Crippen LogP contribution in [0.5, 0.6) is 0 Å². The molecule has 0 nitrogen and oxygen atoms in total. The summed E-state index contributed by atoms with van der Waals surface area (Å²) in [6.45, 7) is 4.62. The van der Waals surface area contributed by atoms with E-state index in [0.717, 1.165) is 17.8 Å². The first-order valence-electron chi connectivity index (χ1n) is 13.6. The SMILES string of the molecule is CCCCCCCCC1CCC(c2ccc(C3=CCC(CCCC)CC3)cc2)CC1. The third kappa shape index (κ3) is 7.58. The van der Waals surface area contributed by atoms with Gasteiger partial charge in [-0.05, 0) is 79.4 Å². The smallest absolute Gasteiger partial charge is 0.0162 e. The zero-order chi connectivity index (χ0) is 21.0. The van der Waals surface area contributed by atoms with E-state index in [9.17, 15) is 0 Å². The molecule has 0 heteroatoms. The molecule has 0 bridgehead atoms. The highest BCUT2D eigenvalue weighted by molar-refractivity contribution is 5.66.